The summed E-state index contributed by atoms with van der Waals surface area (Å²) in [5, 5.41) is 6.48. The monoisotopic (exact) mass is 293 g/mol. The second kappa shape index (κ2) is 8.36. The lowest BCUT2D eigenvalue weighted by atomic mass is 10.1. The van der Waals surface area contributed by atoms with E-state index in [4.69, 9.17) is 14.2 Å². The molecule has 6 heteroatoms. The molecule has 0 saturated carbocycles. The summed E-state index contributed by atoms with van der Waals surface area (Å²) < 4.78 is 15.9. The number of aliphatic imine (C=N–C) groups is 1. The van der Waals surface area contributed by atoms with Crippen LogP contribution in [0.2, 0.25) is 0 Å². The van der Waals surface area contributed by atoms with Crippen LogP contribution in [-0.4, -0.2) is 46.1 Å². The van der Waals surface area contributed by atoms with E-state index in [0.29, 0.717) is 13.4 Å². The molecule has 0 saturated heterocycles. The third-order valence-electron chi connectivity index (χ3n) is 3.11. The predicted molar refractivity (Wildman–Crippen MR) is 82.1 cm³/mol. The Morgan fingerprint density at radius 2 is 2.05 bits per heavy atom. The molecule has 1 aliphatic heterocycles. The minimum Gasteiger partial charge on any atom is -0.454 e. The van der Waals surface area contributed by atoms with Crippen molar-refractivity contribution in [2.24, 2.45) is 4.99 Å². The zero-order valence-electron chi connectivity index (χ0n) is 12.6. The Balaban J connectivity index is 1.70. The molecule has 0 unspecified atom stereocenters. The van der Waals surface area contributed by atoms with Crippen LogP contribution in [0.3, 0.4) is 0 Å². The van der Waals surface area contributed by atoms with Gasteiger partial charge in [-0.1, -0.05) is 6.07 Å². The van der Waals surface area contributed by atoms with Gasteiger partial charge >= 0.3 is 0 Å². The van der Waals surface area contributed by atoms with Gasteiger partial charge in [-0.05, 0) is 31.0 Å². The minimum atomic E-state index is 0.313. The smallest absolute Gasteiger partial charge is 0.231 e. The Morgan fingerprint density at radius 1 is 1.24 bits per heavy atom. The predicted octanol–water partition coefficient (Wildman–Crippen LogP) is 1.16. The van der Waals surface area contributed by atoms with Crippen LogP contribution in [-0.2, 0) is 11.2 Å². The number of hydrogen-bond acceptors (Lipinski definition) is 4. The van der Waals surface area contributed by atoms with Crippen molar-refractivity contribution in [3.05, 3.63) is 23.8 Å². The molecular formula is C15H23N3O3. The molecule has 0 spiro atoms. The topological polar surface area (TPSA) is 64.1 Å². The van der Waals surface area contributed by atoms with Crippen molar-refractivity contribution in [1.29, 1.82) is 0 Å². The largest absolute Gasteiger partial charge is 0.454 e. The van der Waals surface area contributed by atoms with Gasteiger partial charge in [0, 0.05) is 26.7 Å². The van der Waals surface area contributed by atoms with Crippen molar-refractivity contribution in [2.45, 2.75) is 13.3 Å². The third kappa shape index (κ3) is 4.82. The van der Waals surface area contributed by atoms with E-state index in [1.165, 1.54) is 5.56 Å². The molecule has 0 atom stereocenters. The lowest BCUT2D eigenvalue weighted by Crippen LogP contribution is -2.39. The van der Waals surface area contributed by atoms with Crippen LogP contribution >= 0.6 is 0 Å². The zero-order chi connectivity index (χ0) is 14.9. The van der Waals surface area contributed by atoms with Crippen LogP contribution in [0.25, 0.3) is 0 Å². The summed E-state index contributed by atoms with van der Waals surface area (Å²) in [5.74, 6) is 2.43. The maximum absolute atomic E-state index is 5.37. The van der Waals surface area contributed by atoms with E-state index in [9.17, 15) is 0 Å². The lowest BCUT2D eigenvalue weighted by Gasteiger charge is -2.12. The summed E-state index contributed by atoms with van der Waals surface area (Å²) >= 11 is 0. The summed E-state index contributed by atoms with van der Waals surface area (Å²) in [4.78, 5) is 4.17. The fraction of sp³-hybridized carbons (Fsp3) is 0.533. The highest BCUT2D eigenvalue weighted by atomic mass is 16.7. The average molecular weight is 293 g/mol. The highest BCUT2D eigenvalue weighted by Crippen LogP contribution is 2.32. The van der Waals surface area contributed by atoms with Crippen molar-refractivity contribution < 1.29 is 14.2 Å². The number of rotatable bonds is 7. The molecule has 21 heavy (non-hydrogen) atoms. The van der Waals surface area contributed by atoms with E-state index in [1.807, 2.05) is 19.1 Å². The van der Waals surface area contributed by atoms with E-state index in [0.717, 1.165) is 43.6 Å². The second-order valence-electron chi connectivity index (χ2n) is 4.56. The van der Waals surface area contributed by atoms with Crippen LogP contribution in [0, 0.1) is 0 Å². The molecule has 2 N–H and O–H groups in total. The number of hydrogen-bond donors (Lipinski definition) is 2. The molecule has 0 aliphatic carbocycles. The Labute approximate surface area is 125 Å². The van der Waals surface area contributed by atoms with Crippen LogP contribution in [0.4, 0.5) is 0 Å². The third-order valence-corrected chi connectivity index (χ3v) is 3.11. The van der Waals surface area contributed by atoms with Gasteiger partial charge in [0.1, 0.15) is 0 Å². The molecule has 1 heterocycles. The Hall–Kier alpha value is -1.95. The molecule has 0 aromatic heterocycles. The summed E-state index contributed by atoms with van der Waals surface area (Å²) in [5.41, 5.74) is 1.21. The zero-order valence-corrected chi connectivity index (χ0v) is 12.6. The van der Waals surface area contributed by atoms with Gasteiger partial charge < -0.3 is 24.8 Å². The molecule has 1 aromatic rings. The second-order valence-corrected chi connectivity index (χ2v) is 4.56. The van der Waals surface area contributed by atoms with Crippen molar-refractivity contribution in [3.8, 4) is 11.5 Å². The Bertz CT molecular complexity index is 477. The summed E-state index contributed by atoms with van der Waals surface area (Å²) in [6.07, 6.45) is 0.892. The van der Waals surface area contributed by atoms with Gasteiger partial charge in [-0.2, -0.15) is 0 Å². The van der Waals surface area contributed by atoms with Crippen LogP contribution in [0.15, 0.2) is 23.2 Å². The highest BCUT2D eigenvalue weighted by molar-refractivity contribution is 5.79. The van der Waals surface area contributed by atoms with E-state index in [-0.39, 0.29) is 0 Å². The number of nitrogens with zero attached hydrogens (tertiary/aromatic N) is 1. The van der Waals surface area contributed by atoms with Gasteiger partial charge in [-0.25, -0.2) is 0 Å². The van der Waals surface area contributed by atoms with Crippen molar-refractivity contribution in [1.82, 2.24) is 10.6 Å². The fourth-order valence-electron chi connectivity index (χ4n) is 2.03. The average Bonchev–Trinajstić information content (AvgIpc) is 2.97. The van der Waals surface area contributed by atoms with Gasteiger partial charge in [0.25, 0.3) is 0 Å². The van der Waals surface area contributed by atoms with E-state index in [1.54, 1.807) is 7.05 Å². The van der Waals surface area contributed by atoms with Gasteiger partial charge in [0.15, 0.2) is 17.5 Å². The molecule has 2 rings (SSSR count). The molecule has 1 aliphatic rings. The number of ether oxygens (including phenoxy) is 3. The van der Waals surface area contributed by atoms with Crippen molar-refractivity contribution >= 4 is 5.96 Å². The maximum Gasteiger partial charge on any atom is 0.231 e. The summed E-state index contributed by atoms with van der Waals surface area (Å²) in [6.45, 7) is 5.26. The summed E-state index contributed by atoms with van der Waals surface area (Å²) in [7, 11) is 1.76. The Kier molecular flexibility index (Phi) is 6.15. The van der Waals surface area contributed by atoms with Crippen LogP contribution < -0.4 is 20.1 Å². The SMILES string of the molecule is CCOCCNC(=NC)NCCc1ccc2c(c1)OCO2. The molecule has 116 valence electrons. The van der Waals surface area contributed by atoms with Crippen LogP contribution in [0.5, 0.6) is 11.5 Å². The molecule has 0 radical (unpaired) electrons. The van der Waals surface area contributed by atoms with E-state index in [2.05, 4.69) is 21.7 Å². The number of nitrogens with one attached hydrogen (secondary N) is 2. The first-order valence-electron chi connectivity index (χ1n) is 7.24. The maximum atomic E-state index is 5.37. The minimum absolute atomic E-state index is 0.313. The van der Waals surface area contributed by atoms with Crippen molar-refractivity contribution in [2.75, 3.05) is 40.1 Å². The first-order valence-corrected chi connectivity index (χ1v) is 7.24. The molecular weight excluding hydrogens is 270 g/mol. The van der Waals surface area contributed by atoms with Crippen molar-refractivity contribution in [3.63, 3.8) is 0 Å². The molecule has 6 nitrogen and oxygen atoms in total. The summed E-state index contributed by atoms with van der Waals surface area (Å²) in [6, 6.07) is 6.03. The fourth-order valence-corrected chi connectivity index (χ4v) is 2.03. The lowest BCUT2D eigenvalue weighted by molar-refractivity contribution is 0.152. The molecule has 0 bridgehead atoms. The van der Waals surface area contributed by atoms with Gasteiger partial charge in [-0.15, -0.1) is 0 Å². The Morgan fingerprint density at radius 3 is 2.86 bits per heavy atom. The molecule has 0 amide bonds. The quantitative estimate of drug-likeness (QED) is 0.449. The van der Waals surface area contributed by atoms with Gasteiger partial charge in [0.05, 0.1) is 6.61 Å². The number of fused-ring (bicyclic) bond motifs is 1. The van der Waals surface area contributed by atoms with E-state index < -0.39 is 0 Å². The van der Waals surface area contributed by atoms with Crippen LogP contribution in [0.1, 0.15) is 12.5 Å². The normalized spacial score (nSPS) is 13.3. The number of benzene rings is 1. The first kappa shape index (κ1) is 15.4. The molecule has 1 aromatic carbocycles. The van der Waals surface area contributed by atoms with E-state index >= 15 is 0 Å². The number of guanidine groups is 1. The first-order chi connectivity index (χ1) is 10.3. The standard InChI is InChI=1S/C15H23N3O3/c1-3-19-9-8-18-15(16-2)17-7-6-12-4-5-13-14(10-12)21-11-20-13/h4-5,10H,3,6-9,11H2,1-2H3,(H2,16,17,18). The van der Waals surface area contributed by atoms with Gasteiger partial charge in [-0.3, -0.25) is 4.99 Å². The highest BCUT2D eigenvalue weighted by Gasteiger charge is 2.12. The van der Waals surface area contributed by atoms with Gasteiger partial charge in [0.2, 0.25) is 6.79 Å². The molecule has 0 fully saturated rings.